The normalized spacial score (nSPS) is 15.4. The first kappa shape index (κ1) is 22.9. The number of benzene rings is 2. The van der Waals surface area contributed by atoms with Crippen molar-refractivity contribution in [3.8, 4) is 11.4 Å². The number of rotatable bonds is 5. The minimum absolute atomic E-state index is 0.0730. The fourth-order valence-electron chi connectivity index (χ4n) is 4.17. The standard InChI is InChI=1S/C25H28F3N3S/c1-24(2,3)19-13-11-18(12-14-19)22-29-30-23(31(22)21-9-4-5-10-21)32-16-17-7-6-8-20(15-17)25(26,27)28/h6-8,11-15,21H,4-5,9-10,16H2,1-3H3. The summed E-state index contributed by atoms with van der Waals surface area (Å²) < 4.78 is 41.4. The molecule has 1 saturated carbocycles. The lowest BCUT2D eigenvalue weighted by molar-refractivity contribution is -0.137. The highest BCUT2D eigenvalue weighted by Gasteiger charge is 2.30. The lowest BCUT2D eigenvalue weighted by Gasteiger charge is -2.20. The van der Waals surface area contributed by atoms with Crippen LogP contribution >= 0.6 is 11.8 Å². The van der Waals surface area contributed by atoms with Crippen molar-refractivity contribution in [2.24, 2.45) is 0 Å². The van der Waals surface area contributed by atoms with Gasteiger partial charge >= 0.3 is 6.18 Å². The molecule has 0 amide bonds. The van der Waals surface area contributed by atoms with E-state index >= 15 is 0 Å². The van der Waals surface area contributed by atoms with Crippen LogP contribution in [0.25, 0.3) is 11.4 Å². The van der Waals surface area contributed by atoms with Gasteiger partial charge in [-0.05, 0) is 35.4 Å². The molecule has 0 spiro atoms. The van der Waals surface area contributed by atoms with Gasteiger partial charge in [0.15, 0.2) is 11.0 Å². The Bertz CT molecular complexity index is 1060. The molecule has 4 rings (SSSR count). The second kappa shape index (κ2) is 8.93. The Morgan fingerprint density at radius 3 is 2.25 bits per heavy atom. The Morgan fingerprint density at radius 1 is 0.938 bits per heavy atom. The fourth-order valence-corrected chi connectivity index (χ4v) is 5.12. The first-order chi connectivity index (χ1) is 15.1. The van der Waals surface area contributed by atoms with Gasteiger partial charge < -0.3 is 0 Å². The molecule has 0 atom stereocenters. The minimum Gasteiger partial charge on any atom is -0.299 e. The van der Waals surface area contributed by atoms with Crippen LogP contribution in [0.5, 0.6) is 0 Å². The summed E-state index contributed by atoms with van der Waals surface area (Å²) in [5, 5.41) is 9.72. The summed E-state index contributed by atoms with van der Waals surface area (Å²) in [6.07, 6.45) is 0.146. The third-order valence-corrected chi connectivity index (χ3v) is 7.00. The van der Waals surface area contributed by atoms with Crippen molar-refractivity contribution in [3.63, 3.8) is 0 Å². The van der Waals surface area contributed by atoms with E-state index in [4.69, 9.17) is 0 Å². The molecule has 32 heavy (non-hydrogen) atoms. The first-order valence-corrected chi connectivity index (χ1v) is 12.0. The Kier molecular flexibility index (Phi) is 6.39. The van der Waals surface area contributed by atoms with Gasteiger partial charge in [-0.15, -0.1) is 10.2 Å². The average Bonchev–Trinajstić information content (AvgIpc) is 3.41. The molecule has 170 valence electrons. The van der Waals surface area contributed by atoms with E-state index in [1.807, 2.05) is 0 Å². The van der Waals surface area contributed by atoms with Crippen molar-refractivity contribution in [1.82, 2.24) is 14.8 Å². The minimum atomic E-state index is -4.34. The highest BCUT2D eigenvalue weighted by molar-refractivity contribution is 7.98. The maximum atomic E-state index is 13.1. The van der Waals surface area contributed by atoms with Crippen LogP contribution in [0.2, 0.25) is 0 Å². The van der Waals surface area contributed by atoms with Crippen molar-refractivity contribution < 1.29 is 13.2 Å². The number of nitrogens with zero attached hydrogens (tertiary/aromatic N) is 3. The van der Waals surface area contributed by atoms with Gasteiger partial charge in [-0.1, -0.05) is 87.8 Å². The first-order valence-electron chi connectivity index (χ1n) is 11.0. The predicted octanol–water partition coefficient (Wildman–Crippen LogP) is 7.67. The summed E-state index contributed by atoms with van der Waals surface area (Å²) in [4.78, 5) is 0. The molecule has 0 N–H and O–H groups in total. The molecular weight excluding hydrogens is 431 g/mol. The summed E-state index contributed by atoms with van der Waals surface area (Å²) in [6.45, 7) is 6.56. The van der Waals surface area contributed by atoms with Gasteiger partial charge in [0, 0.05) is 17.4 Å². The van der Waals surface area contributed by atoms with Crippen LogP contribution in [-0.4, -0.2) is 14.8 Å². The van der Waals surface area contributed by atoms with Gasteiger partial charge in [-0.3, -0.25) is 4.57 Å². The predicted molar refractivity (Wildman–Crippen MR) is 123 cm³/mol. The number of hydrogen-bond donors (Lipinski definition) is 0. The zero-order valence-corrected chi connectivity index (χ0v) is 19.4. The largest absolute Gasteiger partial charge is 0.416 e. The van der Waals surface area contributed by atoms with Crippen molar-refractivity contribution in [3.05, 3.63) is 65.2 Å². The van der Waals surface area contributed by atoms with Crippen LogP contribution in [0.3, 0.4) is 0 Å². The van der Waals surface area contributed by atoms with Crippen molar-refractivity contribution in [2.45, 2.75) is 75.0 Å². The maximum absolute atomic E-state index is 13.1. The molecule has 3 aromatic rings. The maximum Gasteiger partial charge on any atom is 0.416 e. The van der Waals surface area contributed by atoms with E-state index < -0.39 is 11.7 Å². The van der Waals surface area contributed by atoms with E-state index in [0.717, 1.165) is 35.5 Å². The topological polar surface area (TPSA) is 30.7 Å². The molecule has 1 aromatic heterocycles. The Hall–Kier alpha value is -2.28. The van der Waals surface area contributed by atoms with E-state index in [-0.39, 0.29) is 5.41 Å². The molecule has 0 unspecified atom stereocenters. The van der Waals surface area contributed by atoms with Crippen LogP contribution in [0.4, 0.5) is 13.2 Å². The summed E-state index contributed by atoms with van der Waals surface area (Å²) in [7, 11) is 0. The molecule has 0 aliphatic heterocycles. The third kappa shape index (κ3) is 5.03. The van der Waals surface area contributed by atoms with Gasteiger partial charge in [0.25, 0.3) is 0 Å². The monoisotopic (exact) mass is 459 g/mol. The van der Waals surface area contributed by atoms with Crippen LogP contribution in [0.1, 0.15) is 69.2 Å². The molecular formula is C25H28F3N3S. The fraction of sp³-hybridized carbons (Fsp3) is 0.440. The van der Waals surface area contributed by atoms with E-state index in [0.29, 0.717) is 17.4 Å². The molecule has 3 nitrogen and oxygen atoms in total. The number of hydrogen-bond acceptors (Lipinski definition) is 3. The van der Waals surface area contributed by atoms with E-state index in [1.54, 1.807) is 6.07 Å². The van der Waals surface area contributed by atoms with Crippen LogP contribution in [-0.2, 0) is 17.3 Å². The van der Waals surface area contributed by atoms with Crippen molar-refractivity contribution in [1.29, 1.82) is 0 Å². The molecule has 1 fully saturated rings. The highest BCUT2D eigenvalue weighted by atomic mass is 32.2. The Labute approximate surface area is 191 Å². The average molecular weight is 460 g/mol. The zero-order chi connectivity index (χ0) is 22.9. The lowest BCUT2D eigenvalue weighted by atomic mass is 9.86. The van der Waals surface area contributed by atoms with Crippen LogP contribution < -0.4 is 0 Å². The summed E-state index contributed by atoms with van der Waals surface area (Å²) in [5.41, 5.74) is 2.36. The molecule has 1 aliphatic carbocycles. The SMILES string of the molecule is CC(C)(C)c1ccc(-c2nnc(SCc3cccc(C(F)(F)F)c3)n2C2CCCC2)cc1. The van der Waals surface area contributed by atoms with Gasteiger partial charge in [0.05, 0.1) is 5.56 Å². The van der Waals surface area contributed by atoms with Gasteiger partial charge in [-0.25, -0.2) is 0 Å². The van der Waals surface area contributed by atoms with Crippen molar-refractivity contribution >= 4 is 11.8 Å². The third-order valence-electron chi connectivity index (χ3n) is 5.99. The molecule has 0 radical (unpaired) electrons. The van der Waals surface area contributed by atoms with Gasteiger partial charge in [0.2, 0.25) is 0 Å². The van der Waals surface area contributed by atoms with Gasteiger partial charge in [-0.2, -0.15) is 13.2 Å². The lowest BCUT2D eigenvalue weighted by Crippen LogP contribution is -2.11. The number of halogens is 3. The van der Waals surface area contributed by atoms with Crippen LogP contribution in [0.15, 0.2) is 53.7 Å². The quantitative estimate of drug-likeness (QED) is 0.367. The number of thioether (sulfide) groups is 1. The van der Waals surface area contributed by atoms with E-state index in [1.165, 1.54) is 42.3 Å². The number of alkyl halides is 3. The van der Waals surface area contributed by atoms with Gasteiger partial charge in [0.1, 0.15) is 0 Å². The van der Waals surface area contributed by atoms with Crippen molar-refractivity contribution in [2.75, 3.05) is 0 Å². The molecule has 7 heteroatoms. The zero-order valence-electron chi connectivity index (χ0n) is 18.6. The van der Waals surface area contributed by atoms with E-state index in [9.17, 15) is 13.2 Å². The summed E-state index contributed by atoms with van der Waals surface area (Å²) in [6, 6.07) is 14.3. The molecule has 0 saturated heterocycles. The molecule has 0 bridgehead atoms. The Balaban J connectivity index is 1.62. The molecule has 1 aliphatic rings. The van der Waals surface area contributed by atoms with E-state index in [2.05, 4.69) is 59.8 Å². The molecule has 1 heterocycles. The summed E-state index contributed by atoms with van der Waals surface area (Å²) >= 11 is 1.45. The van der Waals surface area contributed by atoms with Crippen LogP contribution in [0, 0.1) is 0 Å². The number of aromatic nitrogens is 3. The highest BCUT2D eigenvalue weighted by Crippen LogP contribution is 2.38. The Morgan fingerprint density at radius 2 is 1.62 bits per heavy atom. The second-order valence-electron chi connectivity index (χ2n) is 9.43. The summed E-state index contributed by atoms with van der Waals surface area (Å²) in [5.74, 6) is 1.25. The second-order valence-corrected chi connectivity index (χ2v) is 10.4. The smallest absolute Gasteiger partial charge is 0.299 e. The molecule has 2 aromatic carbocycles.